The van der Waals surface area contributed by atoms with E-state index in [1.54, 1.807) is 20.8 Å². The molecule has 0 saturated heterocycles. The molecule has 2 heterocycles. The minimum atomic E-state index is -1.23. The van der Waals surface area contributed by atoms with Crippen LogP contribution < -0.4 is 35.5 Å². The van der Waals surface area contributed by atoms with Gasteiger partial charge in [0.25, 0.3) is 0 Å². The van der Waals surface area contributed by atoms with E-state index in [0.29, 0.717) is 5.76 Å². The smallest absolute Gasteiger partial charge is 0.870 e. The number of hydrogen-bond donors (Lipinski definition) is 3. The molecule has 0 atom stereocenters. The standard InChI is InChI=1S/C7H9NO3.C7H8O3.C5H5NO3.ClH.H3NO.Na.H2O/c1-3-10-7(9)6-4-5(2)11-8-6;1-3-10-7(9)5-4-6(2)8;1-3-2-4(5(7)8)6-9-3;;1-2;;/h4H,3H2,1-2H3;3H2,1-2H3;2H,1H3,(H,7,8);1H;2H,1H2;;1H2/q;;;;;+1;/p-1/i4D;;2D;;;;/hD. The first-order valence-corrected chi connectivity index (χ1v) is 8.67. The van der Waals surface area contributed by atoms with Crippen LogP contribution in [0.3, 0.4) is 0 Å². The molecule has 0 aliphatic rings. The van der Waals surface area contributed by atoms with E-state index in [1.807, 2.05) is 5.92 Å². The van der Waals surface area contributed by atoms with Crippen LogP contribution in [0.1, 0.15) is 57.4 Å². The molecule has 0 amide bonds. The number of carbonyl (C=O) groups is 4. The van der Waals surface area contributed by atoms with Crippen molar-refractivity contribution in [2.75, 3.05) is 13.2 Å². The first-order chi connectivity index (χ1) is 17.0. The second-order valence-corrected chi connectivity index (χ2v) is 4.98. The Hall–Kier alpha value is -2.77. The van der Waals surface area contributed by atoms with Crippen LogP contribution in [0.5, 0.6) is 0 Å². The Balaban J connectivity index is -0.000000132. The number of nitrogens with zero attached hydrogens (tertiary/aromatic N) is 2. The van der Waals surface area contributed by atoms with Crippen LogP contribution in [0.15, 0.2) is 21.1 Å². The molecular formula is C19H27ClN3NaO11. The Labute approximate surface area is 233 Å². The maximum absolute atomic E-state index is 11.0. The molecular weight excluding hydrogens is 505 g/mol. The number of aromatic carboxylic acids is 1. The van der Waals surface area contributed by atoms with E-state index in [4.69, 9.17) is 18.5 Å². The molecule has 35 heavy (non-hydrogen) atoms. The van der Waals surface area contributed by atoms with Gasteiger partial charge in [0.05, 0.1) is 16.0 Å². The predicted octanol–water partition coefficient (Wildman–Crippen LogP) is -1.43. The van der Waals surface area contributed by atoms with E-state index in [9.17, 15) is 19.2 Å². The fourth-order valence-electron chi connectivity index (χ4n) is 1.34. The summed E-state index contributed by atoms with van der Waals surface area (Å²) in [6.45, 7) is 8.25. The van der Waals surface area contributed by atoms with Gasteiger partial charge in [0, 0.05) is 24.9 Å². The number of carboxylic acid groups (broad SMARTS) is 1. The minimum Gasteiger partial charge on any atom is -0.870 e. The molecule has 0 spiro atoms. The molecule has 0 unspecified atom stereocenters. The molecule has 2 aromatic heterocycles. The number of nitrogens with two attached hydrogens (primary N) is 1. The van der Waals surface area contributed by atoms with E-state index in [0.717, 1.165) is 0 Å². The summed E-state index contributed by atoms with van der Waals surface area (Å²) in [7, 11) is 0. The molecule has 0 radical (unpaired) electrons. The molecule has 192 valence electrons. The van der Waals surface area contributed by atoms with Gasteiger partial charge in [-0.05, 0) is 33.6 Å². The van der Waals surface area contributed by atoms with Crippen molar-refractivity contribution in [3.8, 4) is 11.8 Å². The summed E-state index contributed by atoms with van der Waals surface area (Å²) >= 11 is 0. The Morgan fingerprint density at radius 1 is 1.03 bits per heavy atom. The van der Waals surface area contributed by atoms with Crippen molar-refractivity contribution in [2.24, 2.45) is 5.90 Å². The summed E-state index contributed by atoms with van der Waals surface area (Å²) in [5.74, 6) is 5.29. The average molecular weight is 535 g/mol. The van der Waals surface area contributed by atoms with Crippen molar-refractivity contribution in [1.82, 2.24) is 10.3 Å². The zero-order valence-electron chi connectivity index (χ0n) is 22.9. The van der Waals surface area contributed by atoms with Gasteiger partial charge in [-0.15, -0.1) is 13.8 Å². The topological polar surface area (TPSA) is 235 Å². The van der Waals surface area contributed by atoms with Crippen molar-refractivity contribution < 1.29 is 87.2 Å². The molecule has 0 bridgehead atoms. The van der Waals surface area contributed by atoms with Crippen molar-refractivity contribution >= 4 is 36.1 Å². The van der Waals surface area contributed by atoms with Crippen LogP contribution in [0.2, 0.25) is 0 Å². The van der Waals surface area contributed by atoms with Crippen molar-refractivity contribution in [3.05, 3.63) is 35.0 Å². The van der Waals surface area contributed by atoms with E-state index < -0.39 is 17.9 Å². The summed E-state index contributed by atoms with van der Waals surface area (Å²) < 4.78 is 37.0. The van der Waals surface area contributed by atoms with Crippen LogP contribution in [0, 0.1) is 25.7 Å². The molecule has 5 N–H and O–H groups in total. The van der Waals surface area contributed by atoms with Crippen molar-refractivity contribution in [2.45, 2.75) is 34.6 Å². The first kappa shape index (κ1) is 34.4. The fraction of sp³-hybridized carbons (Fsp3) is 0.368. The van der Waals surface area contributed by atoms with Crippen LogP contribution in [-0.4, -0.2) is 63.0 Å². The zero-order valence-corrected chi connectivity index (χ0v) is 22.7. The number of carbonyl (C=O) groups excluding carboxylic acids is 3. The Morgan fingerprint density at radius 3 is 1.74 bits per heavy atom. The molecule has 14 nitrogen and oxygen atoms in total. The fourth-order valence-corrected chi connectivity index (χ4v) is 1.34. The van der Waals surface area contributed by atoms with Crippen LogP contribution in [0.4, 0.5) is 0 Å². The number of carboxylic acids is 1. The van der Waals surface area contributed by atoms with E-state index in [1.165, 1.54) is 13.8 Å². The zero-order chi connectivity index (χ0) is 28.8. The van der Waals surface area contributed by atoms with Gasteiger partial charge >= 0.3 is 47.5 Å². The first-order valence-electron chi connectivity index (χ1n) is 10.1. The third kappa shape index (κ3) is 22.8. The Morgan fingerprint density at radius 2 is 1.46 bits per heavy atom. The molecule has 0 fully saturated rings. The number of ether oxygens (including phenoxy) is 2. The number of hydrogen-bond acceptors (Lipinski definition) is 13. The largest absolute Gasteiger partial charge is 1.00 e. The molecule has 16 heteroatoms. The monoisotopic (exact) mass is 534 g/mol. The number of halogens is 1. The number of rotatable bonds is 4. The van der Waals surface area contributed by atoms with Crippen molar-refractivity contribution in [3.63, 3.8) is 0 Å². The molecule has 0 aromatic carbocycles. The summed E-state index contributed by atoms with van der Waals surface area (Å²) in [6, 6.07) is -0.166. The third-order valence-electron chi connectivity index (χ3n) is 2.42. The van der Waals surface area contributed by atoms with E-state index >= 15 is 0 Å². The second kappa shape index (κ2) is 25.8. The molecule has 2 rings (SSSR count). The maximum Gasteiger partial charge on any atom is 1.00 e. The third-order valence-corrected chi connectivity index (χ3v) is 2.42. The quantitative estimate of drug-likeness (QED) is 0.102. The van der Waals surface area contributed by atoms with Gasteiger partial charge in [-0.3, -0.25) is 4.79 Å². The normalized spacial score (nSPS) is 8.74. The van der Waals surface area contributed by atoms with Crippen molar-refractivity contribution in [1.29, 1.82) is 0 Å². The number of aryl methyl sites for hydroxylation is 2. The molecule has 0 aliphatic heterocycles. The Kier molecular flexibility index (Phi) is 25.4. The number of ketones is 1. The Bertz CT molecular complexity index is 1040. The van der Waals surface area contributed by atoms with Crippen LogP contribution in [-0.2, 0) is 19.1 Å². The van der Waals surface area contributed by atoms with Gasteiger partial charge in [0.2, 0.25) is 5.78 Å². The van der Waals surface area contributed by atoms with Crippen LogP contribution >= 0.6 is 12.4 Å². The van der Waals surface area contributed by atoms with Gasteiger partial charge in [-0.2, -0.15) is 0 Å². The maximum atomic E-state index is 11.0. The summed E-state index contributed by atoms with van der Waals surface area (Å²) in [4.78, 5) is 41.8. The number of aromatic nitrogens is 2. The van der Waals surface area contributed by atoms with E-state index in [-0.39, 0.29) is 90.2 Å². The number of esters is 2. The van der Waals surface area contributed by atoms with Gasteiger partial charge in [-0.1, -0.05) is 10.3 Å². The summed E-state index contributed by atoms with van der Waals surface area (Å²) in [5, 5.41) is 21.4. The van der Waals surface area contributed by atoms with Gasteiger partial charge in [0.15, 0.2) is 11.4 Å². The second-order valence-electron chi connectivity index (χ2n) is 4.98. The predicted molar refractivity (Wildman–Crippen MR) is 116 cm³/mol. The van der Waals surface area contributed by atoms with E-state index in [2.05, 4.69) is 42.1 Å². The summed E-state index contributed by atoms with van der Waals surface area (Å²) in [6.07, 6.45) is 0. The average Bonchev–Trinajstić information content (AvgIpc) is 3.37. The van der Waals surface area contributed by atoms with Gasteiger partial charge in [0.1, 0.15) is 11.5 Å². The minimum absolute atomic E-state index is 0. The number of Topliss-reactive ketones (excluding diaryl/α,β-unsaturated/α-hetero) is 1. The SMILES string of the molecule is CCOC(=O)C#CC(C)=O.Cl.NO.[2H][O-].[2H]c1c(C(=O)O)noc1C.[2H]c1c(C(=O)OCC)noc1C.[Na+]. The molecule has 2 aromatic rings. The molecule has 0 saturated carbocycles. The molecule has 0 aliphatic carbocycles. The van der Waals surface area contributed by atoms with Gasteiger partial charge < -0.3 is 34.3 Å². The van der Waals surface area contributed by atoms with Gasteiger partial charge in [-0.25, -0.2) is 20.3 Å². The summed E-state index contributed by atoms with van der Waals surface area (Å²) in [5.41, 5.74) is 7.10. The van der Waals surface area contributed by atoms with Crippen LogP contribution in [0.25, 0.3) is 0 Å².